The summed E-state index contributed by atoms with van der Waals surface area (Å²) in [5, 5.41) is 0. The van der Waals surface area contributed by atoms with E-state index >= 15 is 0 Å². The van der Waals surface area contributed by atoms with E-state index in [2.05, 4.69) is 0 Å². The third-order valence-corrected chi connectivity index (χ3v) is 4.40. The van der Waals surface area contributed by atoms with E-state index in [1.165, 1.54) is 24.3 Å². The number of benzene rings is 1. The van der Waals surface area contributed by atoms with Crippen LogP contribution in [0.5, 0.6) is 0 Å². The van der Waals surface area contributed by atoms with Gasteiger partial charge in [-0.15, -0.1) is 0 Å². The minimum absolute atomic E-state index is 0.334. The summed E-state index contributed by atoms with van der Waals surface area (Å²) in [4.78, 5) is 49.1. The molecule has 4 rings (SSSR count). The minimum atomic E-state index is -0.348. The molecule has 3 aliphatic rings. The highest BCUT2D eigenvalue weighted by Gasteiger charge is 2.26. The Morgan fingerprint density at radius 3 is 1.74 bits per heavy atom. The van der Waals surface area contributed by atoms with E-state index in [1.54, 1.807) is 18.2 Å². The third-order valence-electron chi connectivity index (χ3n) is 4.40. The Kier molecular flexibility index (Phi) is 4.01. The quantitative estimate of drug-likeness (QED) is 0.777. The van der Waals surface area contributed by atoms with Gasteiger partial charge in [0.05, 0.1) is 5.69 Å². The smallest absolute Gasteiger partial charge is 0.258 e. The summed E-state index contributed by atoms with van der Waals surface area (Å²) in [5.41, 5.74) is 3.02. The molecule has 2 aliphatic heterocycles. The Balaban J connectivity index is 1.47. The first kappa shape index (κ1) is 16.7. The van der Waals surface area contributed by atoms with Gasteiger partial charge in [-0.2, -0.15) is 0 Å². The fraction of sp³-hybridized carbons (Fsp3) is 0.0476. The first-order valence-electron chi connectivity index (χ1n) is 8.34. The molecule has 0 N–H and O–H groups in total. The van der Waals surface area contributed by atoms with Gasteiger partial charge >= 0.3 is 0 Å². The van der Waals surface area contributed by atoms with Crippen molar-refractivity contribution in [3.63, 3.8) is 0 Å². The standard InChI is InChI=1S/C21H14N2O4/c24-18-9-10-19(25)22(18)16-5-1-14(2-6-16)13-15-3-7-17(8-4-15)23-20(26)11-12-21(23)27/h1-3,5-13H,4H2/b15-13-. The second-order valence-corrected chi connectivity index (χ2v) is 6.17. The van der Waals surface area contributed by atoms with Gasteiger partial charge in [0.2, 0.25) is 0 Å². The van der Waals surface area contributed by atoms with Crippen LogP contribution in [0.1, 0.15) is 12.0 Å². The van der Waals surface area contributed by atoms with Crippen LogP contribution in [0.2, 0.25) is 0 Å². The number of allylic oxidation sites excluding steroid dienone is 4. The van der Waals surface area contributed by atoms with E-state index in [1.807, 2.05) is 30.4 Å². The Bertz CT molecular complexity index is 987. The van der Waals surface area contributed by atoms with Crippen LogP contribution in [-0.4, -0.2) is 28.5 Å². The molecule has 0 saturated heterocycles. The lowest BCUT2D eigenvalue weighted by molar-refractivity contribution is -0.134. The number of nitrogens with zero attached hydrogens (tertiary/aromatic N) is 2. The number of amides is 4. The van der Waals surface area contributed by atoms with Crippen molar-refractivity contribution in [3.05, 3.63) is 83.6 Å². The van der Waals surface area contributed by atoms with Gasteiger partial charge in [-0.3, -0.25) is 19.2 Å². The van der Waals surface area contributed by atoms with Crippen molar-refractivity contribution in [2.45, 2.75) is 6.42 Å². The van der Waals surface area contributed by atoms with Gasteiger partial charge in [-0.05, 0) is 35.8 Å². The van der Waals surface area contributed by atoms with Gasteiger partial charge in [0, 0.05) is 30.0 Å². The molecule has 0 spiro atoms. The molecular weight excluding hydrogens is 344 g/mol. The number of imide groups is 2. The Morgan fingerprint density at radius 2 is 1.22 bits per heavy atom. The molecule has 0 bridgehead atoms. The van der Waals surface area contributed by atoms with Crippen LogP contribution in [0, 0.1) is 0 Å². The lowest BCUT2D eigenvalue weighted by Gasteiger charge is -2.18. The fourth-order valence-corrected chi connectivity index (χ4v) is 3.07. The van der Waals surface area contributed by atoms with Crippen molar-refractivity contribution in [1.29, 1.82) is 0 Å². The molecule has 1 aromatic rings. The molecule has 0 atom stereocenters. The van der Waals surface area contributed by atoms with Gasteiger partial charge in [0.1, 0.15) is 0 Å². The fourth-order valence-electron chi connectivity index (χ4n) is 3.07. The van der Waals surface area contributed by atoms with E-state index in [0.29, 0.717) is 17.8 Å². The lowest BCUT2D eigenvalue weighted by atomic mass is 10.0. The Morgan fingerprint density at radius 1 is 0.667 bits per heavy atom. The predicted molar refractivity (Wildman–Crippen MR) is 98.9 cm³/mol. The van der Waals surface area contributed by atoms with Crippen molar-refractivity contribution in [2.24, 2.45) is 0 Å². The van der Waals surface area contributed by atoms with Gasteiger partial charge < -0.3 is 0 Å². The molecule has 1 aliphatic carbocycles. The molecule has 6 nitrogen and oxygen atoms in total. The van der Waals surface area contributed by atoms with E-state index in [0.717, 1.165) is 20.9 Å². The van der Waals surface area contributed by atoms with Gasteiger partial charge in [-0.25, -0.2) is 9.80 Å². The van der Waals surface area contributed by atoms with Crippen LogP contribution < -0.4 is 4.90 Å². The van der Waals surface area contributed by atoms with E-state index in [4.69, 9.17) is 0 Å². The average molecular weight is 358 g/mol. The molecule has 0 saturated carbocycles. The Labute approximate surface area is 155 Å². The summed E-state index contributed by atoms with van der Waals surface area (Å²) >= 11 is 0. The number of anilines is 1. The van der Waals surface area contributed by atoms with Gasteiger partial charge in [0.25, 0.3) is 23.6 Å². The second kappa shape index (κ2) is 6.49. The van der Waals surface area contributed by atoms with E-state index < -0.39 is 0 Å². The van der Waals surface area contributed by atoms with Crippen molar-refractivity contribution in [1.82, 2.24) is 4.90 Å². The molecule has 0 unspecified atom stereocenters. The predicted octanol–water partition coefficient (Wildman–Crippen LogP) is 2.27. The number of hydrogen-bond donors (Lipinski definition) is 0. The number of rotatable bonds is 3. The van der Waals surface area contributed by atoms with Gasteiger partial charge in [-0.1, -0.05) is 30.4 Å². The average Bonchev–Trinajstić information content (AvgIpc) is 3.18. The summed E-state index contributed by atoms with van der Waals surface area (Å²) in [7, 11) is 0. The molecule has 27 heavy (non-hydrogen) atoms. The molecule has 6 heteroatoms. The van der Waals surface area contributed by atoms with Crippen molar-refractivity contribution < 1.29 is 19.2 Å². The minimum Gasteiger partial charge on any atom is -0.269 e. The lowest BCUT2D eigenvalue weighted by Crippen LogP contribution is -2.29. The zero-order valence-corrected chi connectivity index (χ0v) is 14.2. The van der Waals surface area contributed by atoms with Crippen LogP contribution in [-0.2, 0) is 19.2 Å². The normalized spacial score (nSPS) is 20.4. The van der Waals surface area contributed by atoms with Crippen LogP contribution >= 0.6 is 0 Å². The topological polar surface area (TPSA) is 74.8 Å². The molecule has 1 aromatic carbocycles. The summed E-state index contributed by atoms with van der Waals surface area (Å²) in [6, 6.07) is 7.09. The maximum absolute atomic E-state index is 11.7. The van der Waals surface area contributed by atoms with E-state index in [-0.39, 0.29) is 23.6 Å². The van der Waals surface area contributed by atoms with Gasteiger partial charge in [0.15, 0.2) is 0 Å². The van der Waals surface area contributed by atoms with Crippen LogP contribution in [0.15, 0.2) is 78.1 Å². The highest BCUT2D eigenvalue weighted by atomic mass is 16.2. The molecule has 0 radical (unpaired) electrons. The van der Waals surface area contributed by atoms with Crippen LogP contribution in [0.3, 0.4) is 0 Å². The maximum atomic E-state index is 11.7. The molecule has 4 amide bonds. The summed E-state index contributed by atoms with van der Waals surface area (Å²) in [6.07, 6.45) is 13.0. The Hall–Kier alpha value is -3.80. The largest absolute Gasteiger partial charge is 0.269 e. The molecule has 2 heterocycles. The first-order chi connectivity index (χ1) is 13.0. The zero-order valence-electron chi connectivity index (χ0n) is 14.2. The molecule has 0 fully saturated rings. The summed E-state index contributed by atoms with van der Waals surface area (Å²) in [6.45, 7) is 0. The summed E-state index contributed by atoms with van der Waals surface area (Å²) < 4.78 is 0. The van der Waals surface area contributed by atoms with Crippen molar-refractivity contribution in [2.75, 3.05) is 4.90 Å². The van der Waals surface area contributed by atoms with Crippen molar-refractivity contribution >= 4 is 35.4 Å². The number of carbonyl (C=O) groups excluding carboxylic acids is 4. The zero-order chi connectivity index (χ0) is 19.0. The first-order valence-corrected chi connectivity index (χ1v) is 8.34. The number of carbonyl (C=O) groups is 4. The summed E-state index contributed by atoms with van der Waals surface area (Å²) in [5.74, 6) is -1.36. The van der Waals surface area contributed by atoms with E-state index in [9.17, 15) is 19.2 Å². The number of hydrogen-bond acceptors (Lipinski definition) is 4. The highest BCUT2D eigenvalue weighted by molar-refractivity contribution is 6.28. The maximum Gasteiger partial charge on any atom is 0.258 e. The molecule has 132 valence electrons. The van der Waals surface area contributed by atoms with Crippen molar-refractivity contribution in [3.8, 4) is 0 Å². The van der Waals surface area contributed by atoms with Crippen LogP contribution in [0.25, 0.3) is 6.08 Å². The molecular formula is C21H14N2O4. The monoisotopic (exact) mass is 358 g/mol. The molecule has 0 aromatic heterocycles. The third kappa shape index (κ3) is 3.08. The second-order valence-electron chi connectivity index (χ2n) is 6.17. The highest BCUT2D eigenvalue weighted by Crippen LogP contribution is 2.24. The SMILES string of the molecule is O=C1C=CC(=O)N1C1=CC/C(=C\c2ccc(N3C(=O)C=CC3=O)cc2)C=C1. The van der Waals surface area contributed by atoms with Crippen LogP contribution in [0.4, 0.5) is 5.69 Å².